The van der Waals surface area contributed by atoms with Crippen molar-refractivity contribution in [1.29, 1.82) is 0 Å². The van der Waals surface area contributed by atoms with Crippen LogP contribution in [0.2, 0.25) is 0 Å². The van der Waals surface area contributed by atoms with E-state index >= 15 is 0 Å². The highest BCUT2D eigenvalue weighted by Gasteiger charge is 2.34. The van der Waals surface area contributed by atoms with Crippen LogP contribution >= 0.6 is 23.1 Å². The first kappa shape index (κ1) is 20.7. The molecule has 2 heterocycles. The first-order valence-electron chi connectivity index (χ1n) is 9.80. The largest absolute Gasteiger partial charge is 0.497 e. The lowest BCUT2D eigenvalue weighted by atomic mass is 10.2. The molecule has 30 heavy (non-hydrogen) atoms. The zero-order chi connectivity index (χ0) is 20.9. The van der Waals surface area contributed by atoms with Crippen LogP contribution in [0.4, 0.5) is 5.69 Å². The molecule has 0 spiro atoms. The van der Waals surface area contributed by atoms with Crippen molar-refractivity contribution in [1.82, 2.24) is 9.88 Å². The van der Waals surface area contributed by atoms with Gasteiger partial charge in [-0.05, 0) is 49.2 Å². The molecule has 1 N–H and O–H groups in total. The number of para-hydroxylation sites is 1. The molecule has 2 aromatic carbocycles. The second-order valence-electron chi connectivity index (χ2n) is 7.03. The lowest BCUT2D eigenvalue weighted by Crippen LogP contribution is -2.44. The highest BCUT2D eigenvalue weighted by molar-refractivity contribution is 7.99. The van der Waals surface area contributed by atoms with E-state index in [1.807, 2.05) is 18.2 Å². The fraction of sp³-hybridized carbons (Fsp3) is 0.318. The molecular formula is C22H23N3O3S2. The number of hydrogen-bond acceptors (Lipinski definition) is 6. The van der Waals surface area contributed by atoms with Gasteiger partial charge in [-0.3, -0.25) is 9.59 Å². The second kappa shape index (κ2) is 9.49. The maximum atomic E-state index is 12.8. The zero-order valence-corrected chi connectivity index (χ0v) is 18.3. The van der Waals surface area contributed by atoms with Gasteiger partial charge >= 0.3 is 0 Å². The van der Waals surface area contributed by atoms with Crippen LogP contribution in [0.1, 0.15) is 17.8 Å². The number of benzene rings is 2. The molecule has 0 bridgehead atoms. The van der Waals surface area contributed by atoms with Gasteiger partial charge in [0, 0.05) is 17.9 Å². The van der Waals surface area contributed by atoms with E-state index in [2.05, 4.69) is 16.4 Å². The SMILES string of the molecule is COc1ccc(NC(=O)C2CSCN2C(=O)CCCc2nc3ccccc3s2)cc1. The average molecular weight is 442 g/mol. The summed E-state index contributed by atoms with van der Waals surface area (Å²) in [4.78, 5) is 31.8. The quantitative estimate of drug-likeness (QED) is 0.596. The molecule has 1 aliphatic heterocycles. The Morgan fingerprint density at radius 1 is 1.20 bits per heavy atom. The molecule has 1 unspecified atom stereocenters. The number of ether oxygens (including phenoxy) is 1. The fourth-order valence-corrected chi connectivity index (χ4v) is 5.56. The van der Waals surface area contributed by atoms with Crippen molar-refractivity contribution in [2.24, 2.45) is 0 Å². The summed E-state index contributed by atoms with van der Waals surface area (Å²) in [6, 6.07) is 14.8. The van der Waals surface area contributed by atoms with Crippen molar-refractivity contribution < 1.29 is 14.3 Å². The van der Waals surface area contributed by atoms with Gasteiger partial charge in [-0.1, -0.05) is 12.1 Å². The molecule has 1 atom stereocenters. The number of thiazole rings is 1. The smallest absolute Gasteiger partial charge is 0.248 e. The number of thioether (sulfide) groups is 1. The van der Waals surface area contributed by atoms with Gasteiger partial charge in [-0.2, -0.15) is 0 Å². The van der Waals surface area contributed by atoms with Crippen LogP contribution < -0.4 is 10.1 Å². The number of anilines is 1. The summed E-state index contributed by atoms with van der Waals surface area (Å²) in [5.41, 5.74) is 1.70. The van der Waals surface area contributed by atoms with Gasteiger partial charge < -0.3 is 15.0 Å². The Labute approximate surface area is 183 Å². The number of rotatable bonds is 7. The molecule has 2 amide bonds. The van der Waals surface area contributed by atoms with Crippen molar-refractivity contribution >= 4 is 50.8 Å². The number of nitrogens with one attached hydrogen (secondary N) is 1. The lowest BCUT2D eigenvalue weighted by Gasteiger charge is -2.23. The Balaban J connectivity index is 1.30. The molecular weight excluding hydrogens is 418 g/mol. The van der Waals surface area contributed by atoms with Gasteiger partial charge in [0.05, 0.1) is 28.2 Å². The molecule has 3 aromatic rings. The number of aromatic nitrogens is 1. The van der Waals surface area contributed by atoms with Gasteiger partial charge in [-0.25, -0.2) is 4.98 Å². The molecule has 1 fully saturated rings. The Bertz CT molecular complexity index is 1000. The fourth-order valence-electron chi connectivity index (χ4n) is 3.37. The van der Waals surface area contributed by atoms with E-state index in [4.69, 9.17) is 4.74 Å². The minimum absolute atomic E-state index is 0.0241. The van der Waals surface area contributed by atoms with E-state index in [0.717, 1.165) is 29.1 Å². The minimum Gasteiger partial charge on any atom is -0.497 e. The molecule has 6 nitrogen and oxygen atoms in total. The predicted molar refractivity (Wildman–Crippen MR) is 122 cm³/mol. The summed E-state index contributed by atoms with van der Waals surface area (Å²) >= 11 is 3.29. The molecule has 1 saturated heterocycles. The van der Waals surface area contributed by atoms with Gasteiger partial charge in [0.15, 0.2) is 0 Å². The summed E-state index contributed by atoms with van der Waals surface area (Å²) in [5.74, 6) is 1.78. The van der Waals surface area contributed by atoms with Crippen LogP contribution in [0, 0.1) is 0 Å². The number of aryl methyl sites for hydroxylation is 1. The Kier molecular flexibility index (Phi) is 6.54. The second-order valence-corrected chi connectivity index (χ2v) is 9.14. The maximum absolute atomic E-state index is 12.8. The number of fused-ring (bicyclic) bond motifs is 1. The van der Waals surface area contributed by atoms with Gasteiger partial charge in [-0.15, -0.1) is 23.1 Å². The Morgan fingerprint density at radius 3 is 2.77 bits per heavy atom. The number of carbonyl (C=O) groups is 2. The van der Waals surface area contributed by atoms with Crippen LogP contribution in [0.15, 0.2) is 48.5 Å². The molecule has 1 aliphatic rings. The first-order valence-corrected chi connectivity index (χ1v) is 11.8. The van der Waals surface area contributed by atoms with Crippen LogP contribution in [0.5, 0.6) is 5.75 Å². The topological polar surface area (TPSA) is 71.5 Å². The van der Waals surface area contributed by atoms with Crippen molar-refractivity contribution in [3.05, 3.63) is 53.5 Å². The third kappa shape index (κ3) is 4.76. The Hall–Kier alpha value is -2.58. The average Bonchev–Trinajstić information content (AvgIpc) is 3.41. The van der Waals surface area contributed by atoms with E-state index in [0.29, 0.717) is 23.7 Å². The van der Waals surface area contributed by atoms with Gasteiger partial charge in [0.1, 0.15) is 11.8 Å². The highest BCUT2D eigenvalue weighted by Crippen LogP contribution is 2.26. The van der Waals surface area contributed by atoms with Crippen LogP contribution in [0.3, 0.4) is 0 Å². The molecule has 0 saturated carbocycles. The van der Waals surface area contributed by atoms with Gasteiger partial charge in [0.2, 0.25) is 11.8 Å². The molecule has 0 aliphatic carbocycles. The number of amides is 2. The molecule has 0 radical (unpaired) electrons. The third-order valence-electron chi connectivity index (χ3n) is 4.98. The molecule has 8 heteroatoms. The first-order chi connectivity index (χ1) is 14.6. The van der Waals surface area contributed by atoms with E-state index in [-0.39, 0.29) is 11.8 Å². The zero-order valence-electron chi connectivity index (χ0n) is 16.7. The minimum atomic E-state index is -0.438. The number of hydrogen-bond donors (Lipinski definition) is 1. The predicted octanol–water partition coefficient (Wildman–Crippen LogP) is 4.17. The van der Waals surface area contributed by atoms with E-state index < -0.39 is 6.04 Å². The summed E-state index contributed by atoms with van der Waals surface area (Å²) < 4.78 is 6.31. The normalized spacial score (nSPS) is 16.0. The van der Waals surface area contributed by atoms with Crippen molar-refractivity contribution in [2.75, 3.05) is 24.1 Å². The van der Waals surface area contributed by atoms with Crippen molar-refractivity contribution in [3.63, 3.8) is 0 Å². The van der Waals surface area contributed by atoms with Crippen molar-refractivity contribution in [3.8, 4) is 5.75 Å². The van der Waals surface area contributed by atoms with E-state index in [1.54, 1.807) is 59.4 Å². The maximum Gasteiger partial charge on any atom is 0.248 e. The molecule has 1 aromatic heterocycles. The van der Waals surface area contributed by atoms with Crippen LogP contribution in [-0.2, 0) is 16.0 Å². The summed E-state index contributed by atoms with van der Waals surface area (Å²) in [5, 5.41) is 3.96. The monoisotopic (exact) mass is 441 g/mol. The van der Waals surface area contributed by atoms with E-state index in [9.17, 15) is 9.59 Å². The third-order valence-corrected chi connectivity index (χ3v) is 7.09. The molecule has 156 valence electrons. The molecule has 4 rings (SSSR count). The highest BCUT2D eigenvalue weighted by atomic mass is 32.2. The summed E-state index contributed by atoms with van der Waals surface area (Å²) in [7, 11) is 1.60. The number of methoxy groups -OCH3 is 1. The van der Waals surface area contributed by atoms with Crippen LogP contribution in [-0.4, -0.2) is 46.5 Å². The summed E-state index contributed by atoms with van der Waals surface area (Å²) in [6.07, 6.45) is 1.92. The standard InChI is InChI=1S/C22H23N3O3S2/c1-28-16-11-9-15(10-12-16)23-22(27)18-13-29-14-25(18)21(26)8-4-7-20-24-17-5-2-3-6-19(17)30-20/h2-3,5-6,9-12,18H,4,7-8,13-14H2,1H3,(H,23,27). The van der Waals surface area contributed by atoms with Crippen molar-refractivity contribution in [2.45, 2.75) is 25.3 Å². The lowest BCUT2D eigenvalue weighted by molar-refractivity contribution is -0.136. The Morgan fingerprint density at radius 2 is 2.00 bits per heavy atom. The van der Waals surface area contributed by atoms with Crippen LogP contribution in [0.25, 0.3) is 10.2 Å². The van der Waals surface area contributed by atoms with E-state index in [1.165, 1.54) is 4.70 Å². The van der Waals surface area contributed by atoms with Gasteiger partial charge in [0.25, 0.3) is 0 Å². The summed E-state index contributed by atoms with van der Waals surface area (Å²) in [6.45, 7) is 0. The number of carbonyl (C=O) groups excluding carboxylic acids is 2. The number of nitrogens with zero attached hydrogens (tertiary/aromatic N) is 2.